The molecular weight excluding hydrogens is 198 g/mol. The van der Waals surface area contributed by atoms with Gasteiger partial charge in [0.15, 0.2) is 0 Å². The van der Waals surface area contributed by atoms with Crippen molar-refractivity contribution in [1.82, 2.24) is 15.1 Å². The second-order valence-corrected chi connectivity index (χ2v) is 4.02. The van der Waals surface area contributed by atoms with Gasteiger partial charge in [0.2, 0.25) is 0 Å². The van der Waals surface area contributed by atoms with E-state index in [0.717, 1.165) is 5.56 Å². The van der Waals surface area contributed by atoms with Crippen molar-refractivity contribution in [3.63, 3.8) is 0 Å². The first kappa shape index (κ1) is 11.5. The molecule has 0 spiro atoms. The average molecular weight is 213 g/mol. The molecule has 0 saturated carbocycles. The van der Waals surface area contributed by atoms with Crippen LogP contribution in [0.5, 0.6) is 0 Å². The third kappa shape index (κ3) is 4.46. The Morgan fingerprint density at radius 3 is 2.87 bits per heavy atom. The smallest absolute Gasteiger partial charge is 0.404 e. The van der Waals surface area contributed by atoms with E-state index in [-0.39, 0.29) is 6.54 Å². The molecule has 0 atom stereocenters. The highest BCUT2D eigenvalue weighted by Crippen LogP contribution is 2.06. The third-order valence-electron chi connectivity index (χ3n) is 1.68. The first-order valence-corrected chi connectivity index (χ1v) is 4.57. The van der Waals surface area contributed by atoms with Crippen LogP contribution in [0.25, 0.3) is 0 Å². The summed E-state index contributed by atoms with van der Waals surface area (Å²) in [6.45, 7) is 3.97. The maximum absolute atomic E-state index is 10.2. The zero-order valence-electron chi connectivity index (χ0n) is 8.77. The van der Waals surface area contributed by atoms with E-state index in [9.17, 15) is 9.90 Å². The summed E-state index contributed by atoms with van der Waals surface area (Å²) in [4.78, 5) is 10.2. The minimum atomic E-state index is -1.06. The molecule has 1 amide bonds. The Labute approximate surface area is 87.5 Å². The van der Waals surface area contributed by atoms with Gasteiger partial charge in [0.25, 0.3) is 0 Å². The van der Waals surface area contributed by atoms with E-state index in [2.05, 4.69) is 10.4 Å². The van der Waals surface area contributed by atoms with Crippen molar-refractivity contribution >= 4 is 6.09 Å². The van der Waals surface area contributed by atoms with Crippen LogP contribution < -0.4 is 5.32 Å². The molecule has 0 bridgehead atoms. The Balaban J connectivity index is 2.53. The lowest BCUT2D eigenvalue weighted by Gasteiger charge is -2.16. The third-order valence-corrected chi connectivity index (χ3v) is 1.68. The monoisotopic (exact) mass is 213 g/mol. The van der Waals surface area contributed by atoms with E-state index in [1.165, 1.54) is 0 Å². The average Bonchev–Trinajstić information content (AvgIpc) is 2.45. The van der Waals surface area contributed by atoms with E-state index in [4.69, 9.17) is 5.11 Å². The second kappa shape index (κ2) is 4.31. The van der Waals surface area contributed by atoms with Gasteiger partial charge in [0.1, 0.15) is 0 Å². The van der Waals surface area contributed by atoms with Crippen LogP contribution in [0, 0.1) is 0 Å². The van der Waals surface area contributed by atoms with Gasteiger partial charge >= 0.3 is 6.09 Å². The summed E-state index contributed by atoms with van der Waals surface area (Å²) >= 11 is 0. The molecule has 1 heterocycles. The summed E-state index contributed by atoms with van der Waals surface area (Å²) in [5, 5.41) is 24.2. The van der Waals surface area contributed by atoms with Crippen molar-refractivity contribution in [2.24, 2.45) is 0 Å². The van der Waals surface area contributed by atoms with Crippen molar-refractivity contribution in [2.75, 3.05) is 0 Å². The maximum atomic E-state index is 10.2. The van der Waals surface area contributed by atoms with Gasteiger partial charge in [-0.1, -0.05) is 0 Å². The van der Waals surface area contributed by atoms with Crippen LogP contribution in [0.4, 0.5) is 4.79 Å². The largest absolute Gasteiger partial charge is 0.465 e. The normalized spacial score (nSPS) is 11.4. The van der Waals surface area contributed by atoms with Crippen molar-refractivity contribution in [3.05, 3.63) is 18.0 Å². The molecule has 0 aromatic carbocycles. The number of aromatic nitrogens is 2. The van der Waals surface area contributed by atoms with Gasteiger partial charge in [-0.3, -0.25) is 4.68 Å². The summed E-state index contributed by atoms with van der Waals surface area (Å²) in [5.74, 6) is 0. The van der Waals surface area contributed by atoms with Crippen LogP contribution in [0.1, 0.15) is 19.4 Å². The van der Waals surface area contributed by atoms with E-state index in [0.29, 0.717) is 6.54 Å². The van der Waals surface area contributed by atoms with Crippen molar-refractivity contribution < 1.29 is 15.0 Å². The Hall–Kier alpha value is -1.56. The Bertz CT molecular complexity index is 341. The highest BCUT2D eigenvalue weighted by atomic mass is 16.4. The molecule has 1 aromatic heterocycles. The number of carboxylic acid groups (broad SMARTS) is 1. The van der Waals surface area contributed by atoms with E-state index < -0.39 is 11.7 Å². The van der Waals surface area contributed by atoms with Gasteiger partial charge in [0, 0.05) is 18.3 Å². The molecule has 0 aliphatic carbocycles. The van der Waals surface area contributed by atoms with Gasteiger partial charge in [-0.15, -0.1) is 0 Å². The lowest BCUT2D eigenvalue weighted by atomic mass is 10.1. The molecule has 0 fully saturated rings. The fraction of sp³-hybridized carbons (Fsp3) is 0.556. The number of nitrogens with one attached hydrogen (secondary N) is 1. The van der Waals surface area contributed by atoms with E-state index in [1.54, 1.807) is 30.9 Å². The number of nitrogens with zero attached hydrogens (tertiary/aromatic N) is 2. The summed E-state index contributed by atoms with van der Waals surface area (Å²) < 4.78 is 1.58. The van der Waals surface area contributed by atoms with Crippen molar-refractivity contribution in [3.8, 4) is 0 Å². The fourth-order valence-corrected chi connectivity index (χ4v) is 1.16. The molecule has 0 saturated heterocycles. The van der Waals surface area contributed by atoms with Crippen LogP contribution in [0.3, 0.4) is 0 Å². The zero-order chi connectivity index (χ0) is 11.5. The van der Waals surface area contributed by atoms with Gasteiger partial charge in [-0.05, 0) is 13.8 Å². The molecule has 15 heavy (non-hydrogen) atoms. The second-order valence-electron chi connectivity index (χ2n) is 4.02. The van der Waals surface area contributed by atoms with Gasteiger partial charge in [0.05, 0.1) is 18.3 Å². The fourth-order valence-electron chi connectivity index (χ4n) is 1.16. The van der Waals surface area contributed by atoms with Crippen LogP contribution in [-0.2, 0) is 13.1 Å². The highest BCUT2D eigenvalue weighted by Gasteiger charge is 2.13. The maximum Gasteiger partial charge on any atom is 0.404 e. The SMILES string of the molecule is CC(C)(O)Cn1cc(CNC(=O)O)cn1. The van der Waals surface area contributed by atoms with E-state index >= 15 is 0 Å². The predicted molar refractivity (Wildman–Crippen MR) is 53.4 cm³/mol. The van der Waals surface area contributed by atoms with Crippen LogP contribution in [0.15, 0.2) is 12.4 Å². The summed E-state index contributed by atoms with van der Waals surface area (Å²) in [6, 6.07) is 0. The number of rotatable bonds is 4. The lowest BCUT2D eigenvalue weighted by molar-refractivity contribution is 0.0577. The number of amides is 1. The summed E-state index contributed by atoms with van der Waals surface area (Å²) in [6.07, 6.45) is 2.21. The molecular formula is C9H15N3O3. The standard InChI is InChI=1S/C9H15N3O3/c1-9(2,15)6-12-5-7(4-11-12)3-10-8(13)14/h4-5,10,15H,3,6H2,1-2H3,(H,13,14). The Morgan fingerprint density at radius 1 is 1.67 bits per heavy atom. The van der Waals surface area contributed by atoms with Gasteiger partial charge in [-0.2, -0.15) is 5.10 Å². The van der Waals surface area contributed by atoms with Crippen LogP contribution in [-0.4, -0.2) is 31.7 Å². The molecule has 3 N–H and O–H groups in total. The van der Waals surface area contributed by atoms with Gasteiger partial charge in [-0.25, -0.2) is 4.79 Å². The first-order chi connectivity index (χ1) is 6.87. The van der Waals surface area contributed by atoms with Crippen molar-refractivity contribution in [2.45, 2.75) is 32.5 Å². The molecule has 6 heteroatoms. The molecule has 1 aromatic rings. The molecule has 0 aliphatic rings. The number of hydrogen-bond acceptors (Lipinski definition) is 3. The topological polar surface area (TPSA) is 87.4 Å². The lowest BCUT2D eigenvalue weighted by Crippen LogP contribution is -2.26. The Kier molecular flexibility index (Phi) is 3.31. The van der Waals surface area contributed by atoms with E-state index in [1.807, 2.05) is 0 Å². The highest BCUT2D eigenvalue weighted by molar-refractivity contribution is 5.64. The molecule has 6 nitrogen and oxygen atoms in total. The minimum Gasteiger partial charge on any atom is -0.465 e. The molecule has 0 radical (unpaired) electrons. The van der Waals surface area contributed by atoms with Crippen molar-refractivity contribution in [1.29, 1.82) is 0 Å². The minimum absolute atomic E-state index is 0.223. The molecule has 1 rings (SSSR count). The number of carbonyl (C=O) groups is 1. The quantitative estimate of drug-likeness (QED) is 0.676. The Morgan fingerprint density at radius 2 is 2.33 bits per heavy atom. The predicted octanol–water partition coefficient (Wildman–Crippen LogP) is 0.422. The van der Waals surface area contributed by atoms with Crippen LogP contribution in [0.2, 0.25) is 0 Å². The zero-order valence-corrected chi connectivity index (χ0v) is 8.77. The summed E-state index contributed by atoms with van der Waals surface area (Å²) in [5.41, 5.74) is -0.0644. The molecule has 84 valence electrons. The van der Waals surface area contributed by atoms with Crippen LogP contribution >= 0.6 is 0 Å². The first-order valence-electron chi connectivity index (χ1n) is 4.57. The summed E-state index contributed by atoms with van der Waals surface area (Å²) in [7, 11) is 0. The number of aliphatic hydroxyl groups is 1. The number of hydrogen-bond donors (Lipinski definition) is 3. The molecule has 0 aliphatic heterocycles. The molecule has 0 unspecified atom stereocenters. The van der Waals surface area contributed by atoms with Gasteiger partial charge < -0.3 is 15.5 Å².